The Morgan fingerprint density at radius 3 is 2.69 bits per heavy atom. The van der Waals surface area contributed by atoms with Gasteiger partial charge in [-0.05, 0) is 12.1 Å². The van der Waals surface area contributed by atoms with Gasteiger partial charge in [-0.15, -0.1) is 0 Å². The number of esters is 1. The lowest BCUT2D eigenvalue weighted by atomic mass is 10.1. The molecule has 1 aromatic carbocycles. The number of carbonyl (C=O) groups is 1. The summed E-state index contributed by atoms with van der Waals surface area (Å²) in [6.45, 7) is 3.76. The van der Waals surface area contributed by atoms with Gasteiger partial charge in [0, 0.05) is 26.2 Å². The molecule has 0 radical (unpaired) electrons. The Labute approximate surface area is 95.2 Å². The largest absolute Gasteiger partial charge is 0.465 e. The van der Waals surface area contributed by atoms with Gasteiger partial charge in [-0.25, -0.2) is 4.79 Å². The normalized spacial score (nSPS) is 15.9. The molecule has 0 aromatic heterocycles. The van der Waals surface area contributed by atoms with E-state index in [1.54, 1.807) is 0 Å². The summed E-state index contributed by atoms with van der Waals surface area (Å²) in [6.07, 6.45) is 0. The summed E-state index contributed by atoms with van der Waals surface area (Å²) in [5, 5.41) is 3.29. The van der Waals surface area contributed by atoms with E-state index in [2.05, 4.69) is 10.2 Å². The third kappa shape index (κ3) is 2.17. The quantitative estimate of drug-likeness (QED) is 0.751. The van der Waals surface area contributed by atoms with Gasteiger partial charge >= 0.3 is 5.97 Å². The molecule has 0 saturated carbocycles. The fourth-order valence-electron chi connectivity index (χ4n) is 1.94. The molecule has 0 unspecified atom stereocenters. The molecular weight excluding hydrogens is 204 g/mol. The van der Waals surface area contributed by atoms with E-state index in [0.717, 1.165) is 31.9 Å². The molecule has 1 aliphatic rings. The molecule has 16 heavy (non-hydrogen) atoms. The molecule has 1 aromatic rings. The zero-order valence-corrected chi connectivity index (χ0v) is 9.40. The minimum Gasteiger partial charge on any atom is -0.465 e. The summed E-state index contributed by atoms with van der Waals surface area (Å²) in [5.41, 5.74) is 1.61. The van der Waals surface area contributed by atoms with E-state index in [0.29, 0.717) is 5.56 Å². The zero-order chi connectivity index (χ0) is 11.4. The van der Waals surface area contributed by atoms with Crippen LogP contribution in [-0.2, 0) is 4.74 Å². The van der Waals surface area contributed by atoms with Gasteiger partial charge in [-0.2, -0.15) is 0 Å². The van der Waals surface area contributed by atoms with E-state index in [9.17, 15) is 4.79 Å². The van der Waals surface area contributed by atoms with Crippen molar-refractivity contribution in [1.82, 2.24) is 5.32 Å². The van der Waals surface area contributed by atoms with Crippen molar-refractivity contribution in [3.05, 3.63) is 29.8 Å². The van der Waals surface area contributed by atoms with Crippen LogP contribution in [0.5, 0.6) is 0 Å². The second-order valence-electron chi connectivity index (χ2n) is 3.75. The Balaban J connectivity index is 2.28. The highest BCUT2D eigenvalue weighted by Crippen LogP contribution is 2.21. The molecule has 0 aliphatic carbocycles. The van der Waals surface area contributed by atoms with E-state index in [1.807, 2.05) is 24.3 Å². The molecule has 0 atom stereocenters. The van der Waals surface area contributed by atoms with Crippen LogP contribution in [0.25, 0.3) is 0 Å². The number of hydrogen-bond donors (Lipinski definition) is 1. The summed E-state index contributed by atoms with van der Waals surface area (Å²) in [6, 6.07) is 7.59. The van der Waals surface area contributed by atoms with Gasteiger partial charge in [-0.3, -0.25) is 0 Å². The third-order valence-electron chi connectivity index (χ3n) is 2.77. The molecule has 1 aliphatic heterocycles. The monoisotopic (exact) mass is 220 g/mol. The first kappa shape index (κ1) is 11.0. The van der Waals surface area contributed by atoms with Crippen LogP contribution in [0.3, 0.4) is 0 Å². The third-order valence-corrected chi connectivity index (χ3v) is 2.77. The van der Waals surface area contributed by atoms with Crippen LogP contribution >= 0.6 is 0 Å². The topological polar surface area (TPSA) is 41.6 Å². The molecule has 86 valence electrons. The van der Waals surface area contributed by atoms with Crippen LogP contribution < -0.4 is 10.2 Å². The first-order chi connectivity index (χ1) is 7.83. The van der Waals surface area contributed by atoms with Crippen molar-refractivity contribution < 1.29 is 9.53 Å². The predicted molar refractivity (Wildman–Crippen MR) is 62.9 cm³/mol. The predicted octanol–water partition coefficient (Wildman–Crippen LogP) is 0.883. The van der Waals surface area contributed by atoms with Gasteiger partial charge in [0.15, 0.2) is 0 Å². The highest BCUT2D eigenvalue weighted by molar-refractivity contribution is 5.95. The van der Waals surface area contributed by atoms with Gasteiger partial charge in [0.1, 0.15) is 0 Å². The number of nitrogens with one attached hydrogen (secondary N) is 1. The lowest BCUT2D eigenvalue weighted by Gasteiger charge is -2.30. The SMILES string of the molecule is COC(=O)c1ccccc1N1CCNCC1. The van der Waals surface area contributed by atoms with Crippen LogP contribution in [-0.4, -0.2) is 39.3 Å². The second kappa shape index (κ2) is 4.99. The van der Waals surface area contributed by atoms with Gasteiger partial charge in [0.05, 0.1) is 18.4 Å². The number of benzene rings is 1. The van der Waals surface area contributed by atoms with Gasteiger partial charge in [-0.1, -0.05) is 12.1 Å². The number of methoxy groups -OCH3 is 1. The number of anilines is 1. The molecule has 0 spiro atoms. The number of hydrogen-bond acceptors (Lipinski definition) is 4. The highest BCUT2D eigenvalue weighted by Gasteiger charge is 2.17. The maximum absolute atomic E-state index is 11.6. The number of ether oxygens (including phenoxy) is 1. The lowest BCUT2D eigenvalue weighted by Crippen LogP contribution is -2.44. The fourth-order valence-corrected chi connectivity index (χ4v) is 1.94. The number of nitrogens with zero attached hydrogens (tertiary/aromatic N) is 1. The van der Waals surface area contributed by atoms with Gasteiger partial charge in [0.25, 0.3) is 0 Å². The van der Waals surface area contributed by atoms with E-state index in [4.69, 9.17) is 4.74 Å². The Morgan fingerprint density at radius 2 is 2.00 bits per heavy atom. The summed E-state index contributed by atoms with van der Waals surface area (Å²) in [5.74, 6) is -0.269. The summed E-state index contributed by atoms with van der Waals surface area (Å²) in [7, 11) is 1.41. The van der Waals surface area contributed by atoms with E-state index in [1.165, 1.54) is 7.11 Å². The van der Waals surface area contributed by atoms with Crippen molar-refractivity contribution >= 4 is 11.7 Å². The Kier molecular flexibility index (Phi) is 3.41. The molecule has 4 heteroatoms. The molecule has 2 rings (SSSR count). The minimum atomic E-state index is -0.269. The van der Waals surface area contributed by atoms with Crippen molar-refractivity contribution in [2.24, 2.45) is 0 Å². The average molecular weight is 220 g/mol. The lowest BCUT2D eigenvalue weighted by molar-refractivity contribution is 0.0601. The molecule has 0 bridgehead atoms. The molecule has 1 heterocycles. The standard InChI is InChI=1S/C12H16N2O2/c1-16-12(15)10-4-2-3-5-11(10)14-8-6-13-7-9-14/h2-5,13H,6-9H2,1H3. The maximum Gasteiger partial charge on any atom is 0.339 e. The van der Waals surface area contributed by atoms with Crippen molar-refractivity contribution in [3.8, 4) is 0 Å². The van der Waals surface area contributed by atoms with Crippen LogP contribution in [0.4, 0.5) is 5.69 Å². The summed E-state index contributed by atoms with van der Waals surface area (Å²) < 4.78 is 4.79. The molecule has 0 amide bonds. The number of piperazine rings is 1. The van der Waals surface area contributed by atoms with Crippen LogP contribution in [0.15, 0.2) is 24.3 Å². The molecule has 1 fully saturated rings. The van der Waals surface area contributed by atoms with E-state index < -0.39 is 0 Å². The average Bonchev–Trinajstić information content (AvgIpc) is 2.39. The maximum atomic E-state index is 11.6. The number of carbonyl (C=O) groups excluding carboxylic acids is 1. The van der Waals surface area contributed by atoms with Crippen LogP contribution in [0.2, 0.25) is 0 Å². The summed E-state index contributed by atoms with van der Waals surface area (Å²) in [4.78, 5) is 13.8. The number of para-hydroxylation sites is 1. The number of rotatable bonds is 2. The van der Waals surface area contributed by atoms with Gasteiger partial charge < -0.3 is 15.0 Å². The second-order valence-corrected chi connectivity index (χ2v) is 3.75. The Morgan fingerprint density at radius 1 is 1.31 bits per heavy atom. The molecule has 4 nitrogen and oxygen atoms in total. The summed E-state index contributed by atoms with van der Waals surface area (Å²) >= 11 is 0. The fraction of sp³-hybridized carbons (Fsp3) is 0.417. The van der Waals surface area contributed by atoms with Crippen LogP contribution in [0.1, 0.15) is 10.4 Å². The van der Waals surface area contributed by atoms with Crippen molar-refractivity contribution in [3.63, 3.8) is 0 Å². The first-order valence-electron chi connectivity index (χ1n) is 5.46. The molecule has 1 saturated heterocycles. The van der Waals surface area contributed by atoms with Crippen molar-refractivity contribution in [1.29, 1.82) is 0 Å². The smallest absolute Gasteiger partial charge is 0.339 e. The van der Waals surface area contributed by atoms with Crippen LogP contribution in [0, 0.1) is 0 Å². The van der Waals surface area contributed by atoms with Crippen molar-refractivity contribution in [2.45, 2.75) is 0 Å². The van der Waals surface area contributed by atoms with E-state index >= 15 is 0 Å². The Bertz CT molecular complexity index is 373. The highest BCUT2D eigenvalue weighted by atomic mass is 16.5. The first-order valence-corrected chi connectivity index (χ1v) is 5.46. The zero-order valence-electron chi connectivity index (χ0n) is 9.40. The van der Waals surface area contributed by atoms with Crippen molar-refractivity contribution in [2.75, 3.05) is 38.2 Å². The Hall–Kier alpha value is -1.55. The molecular formula is C12H16N2O2. The minimum absolute atomic E-state index is 0.269. The molecule has 1 N–H and O–H groups in total. The van der Waals surface area contributed by atoms with E-state index in [-0.39, 0.29) is 5.97 Å². The van der Waals surface area contributed by atoms with Gasteiger partial charge in [0.2, 0.25) is 0 Å².